The molecule has 3 fully saturated rings. The Kier molecular flexibility index (Phi) is 4.68. The van der Waals surface area contributed by atoms with Gasteiger partial charge in [-0.05, 0) is 63.8 Å². The monoisotopic (exact) mass is 280 g/mol. The fourth-order valence-electron chi connectivity index (χ4n) is 4.39. The van der Waals surface area contributed by atoms with E-state index in [1.807, 2.05) is 0 Å². The van der Waals surface area contributed by atoms with Crippen molar-refractivity contribution in [3.63, 3.8) is 0 Å². The minimum atomic E-state index is 0.0310. The van der Waals surface area contributed by atoms with E-state index in [0.29, 0.717) is 18.7 Å². The summed E-state index contributed by atoms with van der Waals surface area (Å²) in [4.78, 5) is 2.75. The van der Waals surface area contributed by atoms with Gasteiger partial charge in [0.25, 0.3) is 0 Å². The van der Waals surface area contributed by atoms with Gasteiger partial charge in [0, 0.05) is 24.2 Å². The van der Waals surface area contributed by atoms with Crippen molar-refractivity contribution in [1.82, 2.24) is 10.2 Å². The highest BCUT2D eigenvalue weighted by atomic mass is 16.3. The van der Waals surface area contributed by atoms with Crippen molar-refractivity contribution in [3.8, 4) is 0 Å². The molecule has 0 amide bonds. The summed E-state index contributed by atoms with van der Waals surface area (Å²) in [5.41, 5.74) is 0.0310. The van der Waals surface area contributed by atoms with E-state index in [1.165, 1.54) is 64.5 Å². The van der Waals surface area contributed by atoms with Crippen molar-refractivity contribution in [2.45, 2.75) is 82.3 Å². The standard InChI is InChI=1S/C17H32N2O/c1-2-14-5-4-10-19(12-14)16-6-3-9-17(11-16,13-20)18-15-7-8-15/h14-16,18,20H,2-13H2,1H3. The van der Waals surface area contributed by atoms with Crippen LogP contribution in [0.25, 0.3) is 0 Å². The number of rotatable bonds is 5. The molecule has 0 aromatic heterocycles. The first-order valence-electron chi connectivity index (χ1n) is 8.87. The molecule has 0 bridgehead atoms. The van der Waals surface area contributed by atoms with Gasteiger partial charge in [0.15, 0.2) is 0 Å². The van der Waals surface area contributed by atoms with Crippen LogP contribution in [-0.4, -0.2) is 47.3 Å². The summed E-state index contributed by atoms with van der Waals surface area (Å²) in [6, 6.07) is 1.40. The maximum absolute atomic E-state index is 9.95. The second-order valence-electron chi connectivity index (χ2n) is 7.52. The van der Waals surface area contributed by atoms with E-state index in [1.54, 1.807) is 0 Å². The summed E-state index contributed by atoms with van der Waals surface area (Å²) >= 11 is 0. The number of aliphatic hydroxyl groups excluding tert-OH is 1. The topological polar surface area (TPSA) is 35.5 Å². The molecule has 116 valence electrons. The SMILES string of the molecule is CCC1CCCN(C2CCCC(CO)(NC3CC3)C2)C1. The van der Waals surface area contributed by atoms with Gasteiger partial charge in [-0.25, -0.2) is 0 Å². The van der Waals surface area contributed by atoms with Gasteiger partial charge in [-0.3, -0.25) is 0 Å². The molecule has 1 heterocycles. The number of likely N-dealkylation sites (tertiary alicyclic amines) is 1. The molecule has 20 heavy (non-hydrogen) atoms. The van der Waals surface area contributed by atoms with Crippen LogP contribution in [-0.2, 0) is 0 Å². The second kappa shape index (κ2) is 6.33. The van der Waals surface area contributed by atoms with E-state index in [-0.39, 0.29) is 5.54 Å². The normalized spacial score (nSPS) is 39.9. The Balaban J connectivity index is 1.61. The lowest BCUT2D eigenvalue weighted by molar-refractivity contribution is 0.0372. The Hall–Kier alpha value is -0.120. The highest BCUT2D eigenvalue weighted by molar-refractivity contribution is 5.01. The maximum atomic E-state index is 9.95. The molecule has 1 saturated heterocycles. The summed E-state index contributed by atoms with van der Waals surface area (Å²) in [6.45, 7) is 5.24. The average molecular weight is 280 g/mol. The third kappa shape index (κ3) is 3.37. The third-order valence-electron chi connectivity index (χ3n) is 5.85. The molecule has 3 heteroatoms. The largest absolute Gasteiger partial charge is 0.394 e. The van der Waals surface area contributed by atoms with Crippen LogP contribution in [0.1, 0.15) is 64.7 Å². The Morgan fingerprint density at radius 2 is 2.05 bits per heavy atom. The zero-order chi connectivity index (χ0) is 14.0. The summed E-state index contributed by atoms with van der Waals surface area (Å²) in [7, 11) is 0. The number of nitrogens with zero attached hydrogens (tertiary/aromatic N) is 1. The zero-order valence-electron chi connectivity index (χ0n) is 13.1. The summed E-state index contributed by atoms with van der Waals surface area (Å²) in [5.74, 6) is 0.908. The molecular weight excluding hydrogens is 248 g/mol. The van der Waals surface area contributed by atoms with Gasteiger partial charge in [0.2, 0.25) is 0 Å². The second-order valence-corrected chi connectivity index (χ2v) is 7.52. The number of hydrogen-bond acceptors (Lipinski definition) is 3. The van der Waals surface area contributed by atoms with E-state index in [0.717, 1.165) is 12.3 Å². The lowest BCUT2D eigenvalue weighted by Crippen LogP contribution is -2.57. The van der Waals surface area contributed by atoms with E-state index < -0.39 is 0 Å². The highest BCUT2D eigenvalue weighted by Crippen LogP contribution is 2.36. The summed E-state index contributed by atoms with van der Waals surface area (Å²) in [6.07, 6.45) is 11.7. The molecule has 2 N–H and O–H groups in total. The number of piperidine rings is 1. The maximum Gasteiger partial charge on any atom is 0.0613 e. The van der Waals surface area contributed by atoms with E-state index in [4.69, 9.17) is 0 Å². The smallest absolute Gasteiger partial charge is 0.0613 e. The van der Waals surface area contributed by atoms with Crippen molar-refractivity contribution in [3.05, 3.63) is 0 Å². The van der Waals surface area contributed by atoms with Gasteiger partial charge in [-0.1, -0.05) is 13.3 Å². The van der Waals surface area contributed by atoms with Crippen LogP contribution >= 0.6 is 0 Å². The molecule has 2 aliphatic carbocycles. The van der Waals surface area contributed by atoms with Gasteiger partial charge in [0.05, 0.1) is 6.61 Å². The van der Waals surface area contributed by atoms with Crippen LogP contribution in [0.3, 0.4) is 0 Å². The van der Waals surface area contributed by atoms with Crippen molar-refractivity contribution in [1.29, 1.82) is 0 Å². The lowest BCUT2D eigenvalue weighted by Gasteiger charge is -2.47. The number of hydrogen-bond donors (Lipinski definition) is 2. The fraction of sp³-hybridized carbons (Fsp3) is 1.00. The van der Waals surface area contributed by atoms with E-state index in [2.05, 4.69) is 17.1 Å². The molecule has 3 rings (SSSR count). The summed E-state index contributed by atoms with van der Waals surface area (Å²) in [5, 5.41) is 13.7. The van der Waals surface area contributed by atoms with Crippen molar-refractivity contribution >= 4 is 0 Å². The average Bonchev–Trinajstić information content (AvgIpc) is 3.31. The third-order valence-corrected chi connectivity index (χ3v) is 5.85. The van der Waals surface area contributed by atoms with Crippen molar-refractivity contribution in [2.75, 3.05) is 19.7 Å². The molecule has 0 radical (unpaired) electrons. The first kappa shape index (κ1) is 14.8. The lowest BCUT2D eigenvalue weighted by atomic mass is 9.78. The first-order valence-corrected chi connectivity index (χ1v) is 8.87. The molecule has 3 unspecified atom stereocenters. The molecule has 2 saturated carbocycles. The molecule has 0 aromatic rings. The highest BCUT2D eigenvalue weighted by Gasteiger charge is 2.41. The van der Waals surface area contributed by atoms with Gasteiger partial charge in [-0.2, -0.15) is 0 Å². The van der Waals surface area contributed by atoms with E-state index >= 15 is 0 Å². The fourth-order valence-corrected chi connectivity index (χ4v) is 4.39. The Morgan fingerprint density at radius 1 is 1.20 bits per heavy atom. The Bertz CT molecular complexity index is 318. The van der Waals surface area contributed by atoms with Crippen molar-refractivity contribution in [2.24, 2.45) is 5.92 Å². The van der Waals surface area contributed by atoms with E-state index in [9.17, 15) is 5.11 Å². The molecule has 3 atom stereocenters. The Labute approximate surface area is 124 Å². The predicted octanol–water partition coefficient (Wildman–Crippen LogP) is 2.53. The van der Waals surface area contributed by atoms with Gasteiger partial charge in [0.1, 0.15) is 0 Å². The number of aliphatic hydroxyl groups is 1. The van der Waals surface area contributed by atoms with Crippen LogP contribution in [0, 0.1) is 5.92 Å². The van der Waals surface area contributed by atoms with Gasteiger partial charge in [-0.15, -0.1) is 0 Å². The molecule has 0 spiro atoms. The molecular formula is C17H32N2O. The molecule has 1 aliphatic heterocycles. The van der Waals surface area contributed by atoms with Crippen LogP contribution in [0.2, 0.25) is 0 Å². The molecule has 3 aliphatic rings. The van der Waals surface area contributed by atoms with Gasteiger partial charge >= 0.3 is 0 Å². The van der Waals surface area contributed by atoms with Crippen LogP contribution in [0.5, 0.6) is 0 Å². The minimum Gasteiger partial charge on any atom is -0.394 e. The Morgan fingerprint density at radius 3 is 2.75 bits per heavy atom. The first-order chi connectivity index (χ1) is 9.74. The van der Waals surface area contributed by atoms with Crippen molar-refractivity contribution < 1.29 is 5.11 Å². The molecule has 3 nitrogen and oxygen atoms in total. The van der Waals surface area contributed by atoms with Crippen LogP contribution in [0.15, 0.2) is 0 Å². The van der Waals surface area contributed by atoms with Crippen LogP contribution < -0.4 is 5.32 Å². The minimum absolute atomic E-state index is 0.0310. The molecule has 0 aromatic carbocycles. The van der Waals surface area contributed by atoms with Crippen LogP contribution in [0.4, 0.5) is 0 Å². The zero-order valence-corrected chi connectivity index (χ0v) is 13.1. The number of nitrogens with one attached hydrogen (secondary N) is 1. The van der Waals surface area contributed by atoms with Gasteiger partial charge < -0.3 is 15.3 Å². The quantitative estimate of drug-likeness (QED) is 0.812. The predicted molar refractivity (Wildman–Crippen MR) is 82.8 cm³/mol. The summed E-state index contributed by atoms with van der Waals surface area (Å²) < 4.78 is 0.